The number of hydrogen-bond acceptors (Lipinski definition) is 6. The summed E-state index contributed by atoms with van der Waals surface area (Å²) in [5.41, 5.74) is 8.46. The Morgan fingerprint density at radius 2 is 2.00 bits per heavy atom. The van der Waals surface area contributed by atoms with Gasteiger partial charge in [0.05, 0.1) is 0 Å². The summed E-state index contributed by atoms with van der Waals surface area (Å²) in [5, 5.41) is 3.07. The van der Waals surface area contributed by atoms with Crippen molar-refractivity contribution < 1.29 is 4.79 Å². The Balaban J connectivity index is 2.86. The molecule has 0 aliphatic rings. The number of anilines is 2. The predicted molar refractivity (Wildman–Crippen MR) is 70.9 cm³/mol. The Hall–Kier alpha value is -1.89. The number of nitrogens with two attached hydrogens (primary N) is 2. The van der Waals surface area contributed by atoms with Crippen LogP contribution in [0.4, 0.5) is 11.6 Å². The van der Waals surface area contributed by atoms with E-state index in [2.05, 4.69) is 27.6 Å². The highest BCUT2D eigenvalue weighted by atomic mass is 16.1. The van der Waals surface area contributed by atoms with Crippen molar-refractivity contribution in [2.24, 2.45) is 11.6 Å². The van der Waals surface area contributed by atoms with Crippen LogP contribution >= 0.6 is 0 Å². The van der Waals surface area contributed by atoms with Gasteiger partial charge in [0.25, 0.3) is 0 Å². The van der Waals surface area contributed by atoms with Gasteiger partial charge in [0.15, 0.2) is 0 Å². The van der Waals surface area contributed by atoms with E-state index in [0.717, 1.165) is 24.2 Å². The van der Waals surface area contributed by atoms with Crippen LogP contribution in [0.25, 0.3) is 0 Å². The van der Waals surface area contributed by atoms with Gasteiger partial charge in [-0.3, -0.25) is 4.79 Å². The number of carbonyl (C=O) groups is 1. The van der Waals surface area contributed by atoms with Gasteiger partial charge in [-0.1, -0.05) is 6.92 Å². The number of primary amides is 1. The fraction of sp³-hybridized carbons (Fsp3) is 0.545. The summed E-state index contributed by atoms with van der Waals surface area (Å²) < 4.78 is 0. The van der Waals surface area contributed by atoms with E-state index in [9.17, 15) is 4.79 Å². The molecule has 0 saturated heterocycles. The molecule has 7 heteroatoms. The van der Waals surface area contributed by atoms with Crippen molar-refractivity contribution in [1.82, 2.24) is 9.97 Å². The first-order valence-corrected chi connectivity index (χ1v) is 5.94. The zero-order valence-electron chi connectivity index (χ0n) is 10.8. The van der Waals surface area contributed by atoms with Crippen LogP contribution in [0.3, 0.4) is 0 Å². The lowest BCUT2D eigenvalue weighted by Crippen LogP contribution is -2.18. The van der Waals surface area contributed by atoms with Crippen molar-refractivity contribution in [1.29, 1.82) is 0 Å². The average molecular weight is 252 g/mol. The van der Waals surface area contributed by atoms with Crippen LogP contribution in [0.5, 0.6) is 0 Å². The third-order valence-corrected chi connectivity index (χ3v) is 2.47. The van der Waals surface area contributed by atoms with Gasteiger partial charge >= 0.3 is 0 Å². The summed E-state index contributed by atoms with van der Waals surface area (Å²) in [6.07, 6.45) is 1.99. The third-order valence-electron chi connectivity index (χ3n) is 2.47. The van der Waals surface area contributed by atoms with E-state index in [4.69, 9.17) is 11.6 Å². The van der Waals surface area contributed by atoms with Crippen molar-refractivity contribution in [2.75, 3.05) is 17.3 Å². The van der Waals surface area contributed by atoms with Crippen LogP contribution in [-0.2, 0) is 11.2 Å². The molecule has 0 spiro atoms. The standard InChI is InChI=1S/C11H20N6O/c1-3-4-9-15-10(14-6-5-8(12)18)7(2)11(16-9)17-13/h3-6,13H2,1-2H3,(H2,12,18)(H2,14,15,16,17). The van der Waals surface area contributed by atoms with Crippen LogP contribution in [0.1, 0.15) is 31.2 Å². The second-order valence-electron chi connectivity index (χ2n) is 4.00. The van der Waals surface area contributed by atoms with E-state index < -0.39 is 0 Å². The zero-order valence-corrected chi connectivity index (χ0v) is 10.8. The lowest BCUT2D eigenvalue weighted by molar-refractivity contribution is -0.117. The molecule has 0 aliphatic heterocycles. The first-order valence-electron chi connectivity index (χ1n) is 5.94. The summed E-state index contributed by atoms with van der Waals surface area (Å²) in [6, 6.07) is 0. The van der Waals surface area contributed by atoms with Gasteiger partial charge in [0.1, 0.15) is 17.5 Å². The average Bonchev–Trinajstić information content (AvgIpc) is 2.32. The smallest absolute Gasteiger partial charge is 0.219 e. The van der Waals surface area contributed by atoms with E-state index in [1.807, 2.05) is 6.92 Å². The number of nitrogens with zero attached hydrogens (tertiary/aromatic N) is 2. The molecule has 1 aromatic heterocycles. The van der Waals surface area contributed by atoms with Crippen molar-refractivity contribution in [3.63, 3.8) is 0 Å². The van der Waals surface area contributed by atoms with E-state index >= 15 is 0 Å². The van der Waals surface area contributed by atoms with Crippen molar-refractivity contribution in [2.45, 2.75) is 33.1 Å². The number of carbonyl (C=O) groups excluding carboxylic acids is 1. The van der Waals surface area contributed by atoms with Crippen molar-refractivity contribution >= 4 is 17.5 Å². The monoisotopic (exact) mass is 252 g/mol. The molecule has 0 aromatic carbocycles. The van der Waals surface area contributed by atoms with Crippen LogP contribution < -0.4 is 22.3 Å². The van der Waals surface area contributed by atoms with E-state index in [1.165, 1.54) is 0 Å². The molecule has 0 saturated carbocycles. The first kappa shape index (κ1) is 14.2. The molecule has 0 atom stereocenters. The number of aryl methyl sites for hydroxylation is 1. The number of hydrogen-bond donors (Lipinski definition) is 4. The molecule has 0 bridgehead atoms. The molecule has 18 heavy (non-hydrogen) atoms. The maximum absolute atomic E-state index is 10.7. The lowest BCUT2D eigenvalue weighted by Gasteiger charge is -2.12. The van der Waals surface area contributed by atoms with Crippen molar-refractivity contribution in [3.8, 4) is 0 Å². The number of aromatic nitrogens is 2. The minimum atomic E-state index is -0.347. The van der Waals surface area contributed by atoms with Gasteiger partial charge in [-0.05, 0) is 13.3 Å². The molecule has 1 heterocycles. The minimum Gasteiger partial charge on any atom is -0.370 e. The van der Waals surface area contributed by atoms with Gasteiger partial charge < -0.3 is 16.5 Å². The van der Waals surface area contributed by atoms with Gasteiger partial charge in [0, 0.05) is 24.9 Å². The second-order valence-corrected chi connectivity index (χ2v) is 4.00. The molecular formula is C11H20N6O. The second kappa shape index (κ2) is 6.75. The highest BCUT2D eigenvalue weighted by molar-refractivity contribution is 5.74. The fourth-order valence-electron chi connectivity index (χ4n) is 1.52. The topological polar surface area (TPSA) is 119 Å². The summed E-state index contributed by atoms with van der Waals surface area (Å²) >= 11 is 0. The predicted octanol–water partition coefficient (Wildman–Crippen LogP) is 0.310. The van der Waals surface area contributed by atoms with E-state index in [0.29, 0.717) is 18.2 Å². The SMILES string of the molecule is CCCc1nc(NN)c(C)c(NCCC(N)=O)n1. The summed E-state index contributed by atoms with van der Waals surface area (Å²) in [4.78, 5) is 19.4. The Labute approximate surface area is 106 Å². The highest BCUT2D eigenvalue weighted by Crippen LogP contribution is 2.19. The van der Waals surface area contributed by atoms with Gasteiger partial charge in [-0.25, -0.2) is 15.8 Å². The Kier molecular flexibility index (Phi) is 5.31. The Morgan fingerprint density at radius 3 is 2.56 bits per heavy atom. The van der Waals surface area contributed by atoms with Crippen LogP contribution in [-0.4, -0.2) is 22.4 Å². The minimum absolute atomic E-state index is 0.262. The zero-order chi connectivity index (χ0) is 13.5. The molecule has 0 unspecified atom stereocenters. The molecule has 1 rings (SSSR count). The summed E-state index contributed by atoms with van der Waals surface area (Å²) in [5.74, 6) is 7.07. The molecule has 6 N–H and O–H groups in total. The van der Waals surface area contributed by atoms with Crippen molar-refractivity contribution in [3.05, 3.63) is 11.4 Å². The summed E-state index contributed by atoms with van der Waals surface area (Å²) in [6.45, 7) is 4.36. The largest absolute Gasteiger partial charge is 0.370 e. The van der Waals surface area contributed by atoms with Gasteiger partial charge in [-0.2, -0.15) is 0 Å². The number of nitrogens with one attached hydrogen (secondary N) is 2. The van der Waals surface area contributed by atoms with E-state index in [-0.39, 0.29) is 12.3 Å². The molecule has 100 valence electrons. The molecule has 1 amide bonds. The first-order chi connectivity index (χ1) is 8.58. The van der Waals surface area contributed by atoms with Crippen LogP contribution in [0, 0.1) is 6.92 Å². The molecule has 0 radical (unpaired) electrons. The highest BCUT2D eigenvalue weighted by Gasteiger charge is 2.09. The Morgan fingerprint density at radius 1 is 1.33 bits per heavy atom. The number of amides is 1. The molecule has 0 aliphatic carbocycles. The lowest BCUT2D eigenvalue weighted by atomic mass is 10.2. The number of hydrazine groups is 1. The molecule has 0 fully saturated rings. The Bertz CT molecular complexity index is 420. The quantitative estimate of drug-likeness (QED) is 0.409. The maximum atomic E-state index is 10.7. The number of nitrogen functional groups attached to an aromatic ring is 1. The van der Waals surface area contributed by atoms with Crippen LogP contribution in [0.2, 0.25) is 0 Å². The van der Waals surface area contributed by atoms with Crippen LogP contribution in [0.15, 0.2) is 0 Å². The fourth-order valence-corrected chi connectivity index (χ4v) is 1.52. The number of rotatable bonds is 7. The third kappa shape index (κ3) is 3.85. The molecular weight excluding hydrogens is 232 g/mol. The van der Waals surface area contributed by atoms with Gasteiger partial charge in [-0.15, -0.1) is 0 Å². The van der Waals surface area contributed by atoms with Gasteiger partial charge in [0.2, 0.25) is 5.91 Å². The molecule has 7 nitrogen and oxygen atoms in total. The summed E-state index contributed by atoms with van der Waals surface area (Å²) in [7, 11) is 0. The van der Waals surface area contributed by atoms with E-state index in [1.54, 1.807) is 0 Å². The maximum Gasteiger partial charge on any atom is 0.219 e. The normalized spacial score (nSPS) is 10.2. The molecule has 1 aromatic rings.